The van der Waals surface area contributed by atoms with Crippen LogP contribution in [0.3, 0.4) is 0 Å². The predicted octanol–water partition coefficient (Wildman–Crippen LogP) is 2.37. The average molecular weight is 347 g/mol. The number of rotatable bonds is 4. The van der Waals surface area contributed by atoms with E-state index in [9.17, 15) is 8.42 Å². The molecule has 1 aliphatic rings. The number of halogens is 1. The molecule has 106 valence electrons. The summed E-state index contributed by atoms with van der Waals surface area (Å²) in [5.41, 5.74) is 6.44. The second-order valence-electron chi connectivity index (χ2n) is 5.21. The lowest BCUT2D eigenvalue weighted by Crippen LogP contribution is -2.33. The van der Waals surface area contributed by atoms with Gasteiger partial charge in [-0.3, -0.25) is 0 Å². The highest BCUT2D eigenvalue weighted by Crippen LogP contribution is 2.28. The van der Waals surface area contributed by atoms with Gasteiger partial charge in [0.15, 0.2) is 0 Å². The standard InChI is InChI=1S/C13H19BrN2O2S/c1-9-2-4-11(6-9)16-19(17,18)13-5-3-10(8-15)7-12(13)14/h3,5,7,9,11,16H,2,4,6,8,15H2,1H3. The Balaban J connectivity index is 2.19. The van der Waals surface area contributed by atoms with Crippen LogP contribution in [0.4, 0.5) is 0 Å². The van der Waals surface area contributed by atoms with E-state index in [0.29, 0.717) is 16.9 Å². The molecule has 4 nitrogen and oxygen atoms in total. The Bertz CT molecular complexity index is 560. The van der Waals surface area contributed by atoms with Gasteiger partial charge in [-0.05, 0) is 58.8 Å². The fraction of sp³-hybridized carbons (Fsp3) is 0.538. The lowest BCUT2D eigenvalue weighted by Gasteiger charge is -2.14. The van der Waals surface area contributed by atoms with Crippen LogP contribution in [0.15, 0.2) is 27.6 Å². The summed E-state index contributed by atoms with van der Waals surface area (Å²) in [6, 6.07) is 5.16. The largest absolute Gasteiger partial charge is 0.326 e. The minimum absolute atomic E-state index is 0.0566. The third-order valence-electron chi connectivity index (χ3n) is 3.54. The van der Waals surface area contributed by atoms with Crippen molar-refractivity contribution < 1.29 is 8.42 Å². The van der Waals surface area contributed by atoms with Crippen LogP contribution in [0.25, 0.3) is 0 Å². The molecule has 0 radical (unpaired) electrons. The highest BCUT2D eigenvalue weighted by molar-refractivity contribution is 9.10. The minimum Gasteiger partial charge on any atom is -0.326 e. The number of nitrogens with two attached hydrogens (primary N) is 1. The highest BCUT2D eigenvalue weighted by atomic mass is 79.9. The topological polar surface area (TPSA) is 72.2 Å². The first-order chi connectivity index (χ1) is 8.92. The molecule has 0 aromatic heterocycles. The number of hydrogen-bond donors (Lipinski definition) is 2. The first-order valence-electron chi connectivity index (χ1n) is 6.43. The normalized spacial score (nSPS) is 23.7. The van der Waals surface area contributed by atoms with Gasteiger partial charge in [0.1, 0.15) is 0 Å². The molecule has 0 heterocycles. The molecule has 2 atom stereocenters. The second-order valence-corrected chi connectivity index (χ2v) is 7.74. The first-order valence-corrected chi connectivity index (χ1v) is 8.71. The molecule has 19 heavy (non-hydrogen) atoms. The zero-order valence-corrected chi connectivity index (χ0v) is 13.3. The number of benzene rings is 1. The molecule has 3 N–H and O–H groups in total. The second kappa shape index (κ2) is 5.91. The minimum atomic E-state index is -3.46. The van der Waals surface area contributed by atoms with Crippen LogP contribution in [-0.2, 0) is 16.6 Å². The summed E-state index contributed by atoms with van der Waals surface area (Å²) in [4.78, 5) is 0.282. The number of nitrogens with one attached hydrogen (secondary N) is 1. The van der Waals surface area contributed by atoms with Gasteiger partial charge >= 0.3 is 0 Å². The fourth-order valence-electron chi connectivity index (χ4n) is 2.49. The molecule has 1 aliphatic carbocycles. The molecule has 2 rings (SSSR count). The van der Waals surface area contributed by atoms with E-state index in [-0.39, 0.29) is 10.9 Å². The maximum absolute atomic E-state index is 12.3. The Morgan fingerprint density at radius 1 is 1.42 bits per heavy atom. The monoisotopic (exact) mass is 346 g/mol. The summed E-state index contributed by atoms with van der Waals surface area (Å²) in [5.74, 6) is 0.593. The molecular weight excluding hydrogens is 328 g/mol. The van der Waals surface area contributed by atoms with Crippen molar-refractivity contribution in [1.82, 2.24) is 4.72 Å². The molecule has 1 fully saturated rings. The third kappa shape index (κ3) is 3.56. The van der Waals surface area contributed by atoms with E-state index < -0.39 is 10.0 Å². The van der Waals surface area contributed by atoms with Gasteiger partial charge in [-0.15, -0.1) is 0 Å². The lowest BCUT2D eigenvalue weighted by atomic mass is 10.1. The van der Waals surface area contributed by atoms with Crippen LogP contribution in [0.1, 0.15) is 31.7 Å². The van der Waals surface area contributed by atoms with E-state index in [4.69, 9.17) is 5.73 Å². The Morgan fingerprint density at radius 3 is 2.68 bits per heavy atom. The molecule has 6 heteroatoms. The van der Waals surface area contributed by atoms with Crippen molar-refractivity contribution in [2.75, 3.05) is 0 Å². The lowest BCUT2D eigenvalue weighted by molar-refractivity contribution is 0.538. The van der Waals surface area contributed by atoms with Gasteiger partial charge in [0.2, 0.25) is 10.0 Å². The molecule has 2 unspecified atom stereocenters. The third-order valence-corrected chi connectivity index (χ3v) is 6.04. The van der Waals surface area contributed by atoms with Crippen molar-refractivity contribution in [3.8, 4) is 0 Å². The molecule has 0 aliphatic heterocycles. The number of sulfonamides is 1. The van der Waals surface area contributed by atoms with Crippen molar-refractivity contribution in [3.63, 3.8) is 0 Å². The van der Waals surface area contributed by atoms with Crippen molar-refractivity contribution in [2.45, 2.75) is 43.7 Å². The van der Waals surface area contributed by atoms with Gasteiger partial charge in [-0.2, -0.15) is 0 Å². The van der Waals surface area contributed by atoms with Crippen molar-refractivity contribution in [2.24, 2.45) is 11.7 Å². The van der Waals surface area contributed by atoms with Crippen molar-refractivity contribution in [1.29, 1.82) is 0 Å². The van der Waals surface area contributed by atoms with Crippen molar-refractivity contribution >= 4 is 26.0 Å². The van der Waals surface area contributed by atoms with Crippen LogP contribution in [0, 0.1) is 5.92 Å². The maximum Gasteiger partial charge on any atom is 0.241 e. The molecule has 1 saturated carbocycles. The zero-order chi connectivity index (χ0) is 14.0. The SMILES string of the molecule is CC1CCC(NS(=O)(=O)c2ccc(CN)cc2Br)C1. The molecule has 0 saturated heterocycles. The summed E-state index contributed by atoms with van der Waals surface area (Å²) in [6.45, 7) is 2.55. The molecule has 1 aromatic carbocycles. The summed E-state index contributed by atoms with van der Waals surface area (Å²) in [7, 11) is -3.46. The Labute approximate surface area is 122 Å². The van der Waals surface area contributed by atoms with Gasteiger partial charge < -0.3 is 5.73 Å². The molecule has 0 amide bonds. The molecule has 1 aromatic rings. The van der Waals surface area contributed by atoms with E-state index in [1.54, 1.807) is 18.2 Å². The van der Waals surface area contributed by atoms with Gasteiger partial charge in [0.05, 0.1) is 4.90 Å². The summed E-state index contributed by atoms with van der Waals surface area (Å²) >= 11 is 3.31. The van der Waals surface area contributed by atoms with Gasteiger partial charge in [-0.1, -0.05) is 13.0 Å². The quantitative estimate of drug-likeness (QED) is 0.878. The Kier molecular flexibility index (Phi) is 4.66. The smallest absolute Gasteiger partial charge is 0.241 e. The van der Waals surface area contributed by atoms with E-state index in [2.05, 4.69) is 27.6 Å². The van der Waals surface area contributed by atoms with E-state index in [1.165, 1.54) is 0 Å². The maximum atomic E-state index is 12.3. The fourth-order valence-corrected chi connectivity index (χ4v) is 4.89. The van der Waals surface area contributed by atoms with Gasteiger partial charge in [0.25, 0.3) is 0 Å². The van der Waals surface area contributed by atoms with Gasteiger partial charge in [0, 0.05) is 17.1 Å². The van der Waals surface area contributed by atoms with Crippen LogP contribution in [0.5, 0.6) is 0 Å². The molecule has 0 bridgehead atoms. The summed E-state index contributed by atoms with van der Waals surface area (Å²) in [5, 5.41) is 0. The Hall–Kier alpha value is -0.430. The van der Waals surface area contributed by atoms with Crippen LogP contribution >= 0.6 is 15.9 Å². The average Bonchev–Trinajstić information content (AvgIpc) is 2.73. The van der Waals surface area contributed by atoms with Crippen LogP contribution < -0.4 is 10.5 Å². The van der Waals surface area contributed by atoms with Crippen molar-refractivity contribution in [3.05, 3.63) is 28.2 Å². The van der Waals surface area contributed by atoms with Gasteiger partial charge in [-0.25, -0.2) is 13.1 Å². The zero-order valence-electron chi connectivity index (χ0n) is 10.9. The van der Waals surface area contributed by atoms with Crippen LogP contribution in [-0.4, -0.2) is 14.5 Å². The first kappa shape index (κ1) is 15.0. The summed E-state index contributed by atoms with van der Waals surface area (Å²) < 4.78 is 28.0. The summed E-state index contributed by atoms with van der Waals surface area (Å²) in [6.07, 6.45) is 2.91. The highest BCUT2D eigenvalue weighted by Gasteiger charge is 2.27. The van der Waals surface area contributed by atoms with Crippen LogP contribution in [0.2, 0.25) is 0 Å². The van der Waals surface area contributed by atoms with E-state index >= 15 is 0 Å². The Morgan fingerprint density at radius 2 is 2.16 bits per heavy atom. The predicted molar refractivity (Wildman–Crippen MR) is 79.2 cm³/mol. The number of hydrogen-bond acceptors (Lipinski definition) is 3. The molecular formula is C13H19BrN2O2S. The van der Waals surface area contributed by atoms with E-state index in [0.717, 1.165) is 24.8 Å². The van der Waals surface area contributed by atoms with E-state index in [1.807, 2.05) is 0 Å². The molecule has 0 spiro atoms.